The molecule has 0 amide bonds. The molecule has 1 aromatic carbocycles. The zero-order valence-electron chi connectivity index (χ0n) is 8.13. The number of halogens is 2. The molecule has 0 fully saturated rings. The van der Waals surface area contributed by atoms with Crippen LogP contribution in [0.25, 0.3) is 0 Å². The highest BCUT2D eigenvalue weighted by Gasteiger charge is 2.05. The molecule has 0 aliphatic heterocycles. The summed E-state index contributed by atoms with van der Waals surface area (Å²) in [5.74, 6) is -1.64. The van der Waals surface area contributed by atoms with Crippen molar-refractivity contribution in [2.45, 2.75) is 6.42 Å². The second-order valence-electron chi connectivity index (χ2n) is 3.16. The van der Waals surface area contributed by atoms with Gasteiger partial charge in [0, 0.05) is 25.3 Å². The first-order valence-electron chi connectivity index (χ1n) is 4.51. The molecule has 78 valence electrons. The average Bonchev–Trinajstić information content (AvgIpc) is 2.18. The number of anilines is 1. The minimum Gasteiger partial charge on any atom is -0.374 e. The SMILES string of the molecule is CN(CCCN)c1ccc(F)c(F)c1. The summed E-state index contributed by atoms with van der Waals surface area (Å²) in [6.07, 6.45) is 0.829. The summed E-state index contributed by atoms with van der Waals surface area (Å²) in [7, 11) is 1.82. The third-order valence-corrected chi connectivity index (χ3v) is 2.04. The molecule has 14 heavy (non-hydrogen) atoms. The molecule has 0 atom stereocenters. The maximum atomic E-state index is 12.8. The highest BCUT2D eigenvalue weighted by molar-refractivity contribution is 5.45. The summed E-state index contributed by atoms with van der Waals surface area (Å²) in [4.78, 5) is 1.84. The van der Waals surface area contributed by atoms with Crippen molar-refractivity contribution in [2.24, 2.45) is 5.73 Å². The third-order valence-electron chi connectivity index (χ3n) is 2.04. The lowest BCUT2D eigenvalue weighted by molar-refractivity contribution is 0.508. The van der Waals surface area contributed by atoms with Crippen LogP contribution in [-0.4, -0.2) is 20.1 Å². The van der Waals surface area contributed by atoms with E-state index in [2.05, 4.69) is 0 Å². The molecule has 0 unspecified atom stereocenters. The first-order valence-corrected chi connectivity index (χ1v) is 4.51. The van der Waals surface area contributed by atoms with Crippen molar-refractivity contribution in [2.75, 3.05) is 25.0 Å². The largest absolute Gasteiger partial charge is 0.374 e. The van der Waals surface area contributed by atoms with Gasteiger partial charge < -0.3 is 10.6 Å². The summed E-state index contributed by atoms with van der Waals surface area (Å²) < 4.78 is 25.4. The third kappa shape index (κ3) is 2.67. The molecule has 0 radical (unpaired) electrons. The summed E-state index contributed by atoms with van der Waals surface area (Å²) in [5.41, 5.74) is 6.01. The van der Waals surface area contributed by atoms with Gasteiger partial charge in [0.25, 0.3) is 0 Å². The quantitative estimate of drug-likeness (QED) is 0.802. The zero-order valence-corrected chi connectivity index (χ0v) is 8.13. The monoisotopic (exact) mass is 200 g/mol. The Balaban J connectivity index is 2.70. The van der Waals surface area contributed by atoms with E-state index in [1.807, 2.05) is 11.9 Å². The number of nitrogens with zero attached hydrogens (tertiary/aromatic N) is 1. The highest BCUT2D eigenvalue weighted by atomic mass is 19.2. The van der Waals surface area contributed by atoms with Crippen molar-refractivity contribution < 1.29 is 8.78 Å². The van der Waals surface area contributed by atoms with Gasteiger partial charge in [-0.3, -0.25) is 0 Å². The van der Waals surface area contributed by atoms with Crippen LogP contribution in [0.3, 0.4) is 0 Å². The number of hydrogen-bond acceptors (Lipinski definition) is 2. The van der Waals surface area contributed by atoms with Gasteiger partial charge in [0.1, 0.15) is 0 Å². The van der Waals surface area contributed by atoms with E-state index in [0.29, 0.717) is 12.2 Å². The molecule has 0 saturated heterocycles. The van der Waals surface area contributed by atoms with Crippen LogP contribution in [0.15, 0.2) is 18.2 Å². The second-order valence-corrected chi connectivity index (χ2v) is 3.16. The van der Waals surface area contributed by atoms with Crippen LogP contribution < -0.4 is 10.6 Å². The Kier molecular flexibility index (Phi) is 3.83. The Bertz CT molecular complexity index is 302. The Hall–Kier alpha value is -1.16. The van der Waals surface area contributed by atoms with Gasteiger partial charge in [-0.1, -0.05) is 0 Å². The summed E-state index contributed by atoms with van der Waals surface area (Å²) >= 11 is 0. The Morgan fingerprint density at radius 1 is 1.29 bits per heavy atom. The van der Waals surface area contributed by atoms with Gasteiger partial charge in [-0.25, -0.2) is 8.78 Å². The standard InChI is InChI=1S/C10H14F2N2/c1-14(6-2-5-13)8-3-4-9(11)10(12)7-8/h3-4,7H,2,5-6,13H2,1H3. The van der Waals surface area contributed by atoms with Crippen LogP contribution in [0.5, 0.6) is 0 Å². The van der Waals surface area contributed by atoms with E-state index < -0.39 is 11.6 Å². The number of nitrogens with two attached hydrogens (primary N) is 1. The van der Waals surface area contributed by atoms with E-state index in [0.717, 1.165) is 19.0 Å². The summed E-state index contributed by atoms with van der Waals surface area (Å²) in [6.45, 7) is 1.33. The predicted octanol–water partition coefficient (Wildman–Crippen LogP) is 1.75. The Morgan fingerprint density at radius 2 is 2.00 bits per heavy atom. The minimum atomic E-state index is -0.819. The van der Waals surface area contributed by atoms with Crippen LogP contribution in [0.4, 0.5) is 14.5 Å². The summed E-state index contributed by atoms with van der Waals surface area (Å²) in [5, 5.41) is 0. The average molecular weight is 200 g/mol. The van der Waals surface area contributed by atoms with Gasteiger partial charge >= 0.3 is 0 Å². The molecule has 4 heteroatoms. The smallest absolute Gasteiger partial charge is 0.160 e. The van der Waals surface area contributed by atoms with Crippen molar-refractivity contribution in [1.82, 2.24) is 0 Å². The van der Waals surface area contributed by atoms with Crippen LogP contribution in [0.2, 0.25) is 0 Å². The molecular weight excluding hydrogens is 186 g/mol. The van der Waals surface area contributed by atoms with Gasteiger partial charge in [-0.2, -0.15) is 0 Å². The van der Waals surface area contributed by atoms with Gasteiger partial charge in [0.15, 0.2) is 11.6 Å². The maximum absolute atomic E-state index is 12.8. The maximum Gasteiger partial charge on any atom is 0.160 e. The fourth-order valence-corrected chi connectivity index (χ4v) is 1.18. The van der Waals surface area contributed by atoms with Crippen LogP contribution in [0, 0.1) is 11.6 Å². The van der Waals surface area contributed by atoms with Gasteiger partial charge in [-0.05, 0) is 25.1 Å². The second kappa shape index (κ2) is 4.91. The molecule has 1 aromatic rings. The first-order chi connectivity index (χ1) is 6.65. The number of hydrogen-bond donors (Lipinski definition) is 1. The molecule has 2 nitrogen and oxygen atoms in total. The lowest BCUT2D eigenvalue weighted by Gasteiger charge is -2.18. The highest BCUT2D eigenvalue weighted by Crippen LogP contribution is 2.16. The molecular formula is C10H14F2N2. The molecule has 1 rings (SSSR count). The van der Waals surface area contributed by atoms with Crippen molar-refractivity contribution >= 4 is 5.69 Å². The molecule has 2 N–H and O–H groups in total. The van der Waals surface area contributed by atoms with Crippen molar-refractivity contribution in [1.29, 1.82) is 0 Å². The Morgan fingerprint density at radius 3 is 2.57 bits per heavy atom. The lowest BCUT2D eigenvalue weighted by Crippen LogP contribution is -2.21. The first kappa shape index (κ1) is 10.9. The molecule has 0 bridgehead atoms. The van der Waals surface area contributed by atoms with E-state index >= 15 is 0 Å². The molecule has 0 aliphatic carbocycles. The van der Waals surface area contributed by atoms with Crippen molar-refractivity contribution in [3.8, 4) is 0 Å². The number of benzene rings is 1. The Labute approximate surface area is 82.3 Å². The van der Waals surface area contributed by atoms with E-state index in [1.165, 1.54) is 6.07 Å². The van der Waals surface area contributed by atoms with E-state index in [1.54, 1.807) is 6.07 Å². The summed E-state index contributed by atoms with van der Waals surface area (Å²) in [6, 6.07) is 3.87. The van der Waals surface area contributed by atoms with Crippen LogP contribution >= 0.6 is 0 Å². The fraction of sp³-hybridized carbons (Fsp3) is 0.400. The van der Waals surface area contributed by atoms with Crippen molar-refractivity contribution in [3.05, 3.63) is 29.8 Å². The molecule has 0 saturated carbocycles. The topological polar surface area (TPSA) is 29.3 Å². The lowest BCUT2D eigenvalue weighted by atomic mass is 10.2. The molecule has 0 aliphatic rings. The van der Waals surface area contributed by atoms with E-state index in [9.17, 15) is 8.78 Å². The van der Waals surface area contributed by atoms with E-state index in [4.69, 9.17) is 5.73 Å². The number of rotatable bonds is 4. The van der Waals surface area contributed by atoms with Crippen LogP contribution in [0.1, 0.15) is 6.42 Å². The van der Waals surface area contributed by atoms with Crippen LogP contribution in [-0.2, 0) is 0 Å². The van der Waals surface area contributed by atoms with E-state index in [-0.39, 0.29) is 0 Å². The van der Waals surface area contributed by atoms with Gasteiger partial charge in [0.2, 0.25) is 0 Å². The predicted molar refractivity (Wildman–Crippen MR) is 53.3 cm³/mol. The normalized spacial score (nSPS) is 10.3. The van der Waals surface area contributed by atoms with Crippen molar-refractivity contribution in [3.63, 3.8) is 0 Å². The molecule has 0 spiro atoms. The molecule has 0 heterocycles. The fourth-order valence-electron chi connectivity index (χ4n) is 1.18. The van der Waals surface area contributed by atoms with Gasteiger partial charge in [-0.15, -0.1) is 0 Å². The van der Waals surface area contributed by atoms with Gasteiger partial charge in [0.05, 0.1) is 0 Å². The zero-order chi connectivity index (χ0) is 10.6. The molecule has 0 aromatic heterocycles. The minimum absolute atomic E-state index is 0.591.